The van der Waals surface area contributed by atoms with Gasteiger partial charge < -0.3 is 10.1 Å². The van der Waals surface area contributed by atoms with Crippen LogP contribution in [0.25, 0.3) is 0 Å². The number of benzene rings is 1. The lowest BCUT2D eigenvalue weighted by atomic mass is 9.65. The zero-order valence-electron chi connectivity index (χ0n) is 13.8. The summed E-state index contributed by atoms with van der Waals surface area (Å²) in [7, 11) is 0. The van der Waals surface area contributed by atoms with Crippen LogP contribution in [0, 0.1) is 10.8 Å². The molecule has 0 aromatic heterocycles. The largest absolute Gasteiger partial charge is 0.493 e. The summed E-state index contributed by atoms with van der Waals surface area (Å²) in [5, 5.41) is 3.46. The normalized spacial score (nSPS) is 27.6. The fraction of sp³-hybridized carbons (Fsp3) is 0.684. The molecule has 2 heteroatoms. The number of aryl methyl sites for hydroxylation is 1. The molecule has 1 saturated carbocycles. The lowest BCUT2D eigenvalue weighted by Gasteiger charge is -2.42. The predicted molar refractivity (Wildman–Crippen MR) is 89.1 cm³/mol. The molecule has 1 unspecified atom stereocenters. The fourth-order valence-corrected chi connectivity index (χ4v) is 4.25. The van der Waals surface area contributed by atoms with Crippen LogP contribution in [0.1, 0.15) is 58.4 Å². The summed E-state index contributed by atoms with van der Waals surface area (Å²) in [6, 6.07) is 6.53. The van der Waals surface area contributed by atoms with E-state index < -0.39 is 0 Å². The standard InChI is InChI=1S/C19H29NO/c1-18(2)9-5-10-19(3,13-18)14-21-16-7-8-17-15(12-16)6-4-11-20-17/h7-8,12,20H,4-6,9-11,13-14H2,1-3H3. The Balaban J connectivity index is 1.64. The predicted octanol–water partition coefficient (Wildman–Crippen LogP) is 5.03. The van der Waals surface area contributed by atoms with Gasteiger partial charge in [-0.25, -0.2) is 0 Å². The number of fused-ring (bicyclic) bond motifs is 1. The molecule has 1 aromatic carbocycles. The maximum atomic E-state index is 6.18. The lowest BCUT2D eigenvalue weighted by molar-refractivity contribution is 0.0505. The van der Waals surface area contributed by atoms with Gasteiger partial charge in [-0.15, -0.1) is 0 Å². The molecule has 1 aromatic rings. The van der Waals surface area contributed by atoms with Gasteiger partial charge in [0.15, 0.2) is 0 Å². The molecule has 0 saturated heterocycles. The molecule has 116 valence electrons. The van der Waals surface area contributed by atoms with Gasteiger partial charge in [-0.3, -0.25) is 0 Å². The molecule has 2 nitrogen and oxygen atoms in total. The lowest BCUT2D eigenvalue weighted by Crippen LogP contribution is -2.35. The second-order valence-corrected chi connectivity index (χ2v) is 8.14. The Morgan fingerprint density at radius 2 is 2.00 bits per heavy atom. The molecule has 1 fully saturated rings. The number of nitrogens with one attached hydrogen (secondary N) is 1. The van der Waals surface area contributed by atoms with Gasteiger partial charge in [-0.05, 0) is 61.3 Å². The highest BCUT2D eigenvalue weighted by Crippen LogP contribution is 2.46. The molecule has 2 aliphatic rings. The highest BCUT2D eigenvalue weighted by atomic mass is 16.5. The number of anilines is 1. The Morgan fingerprint density at radius 3 is 2.81 bits per heavy atom. The first kappa shape index (κ1) is 14.7. The zero-order chi connectivity index (χ0) is 14.9. The van der Waals surface area contributed by atoms with E-state index in [0.717, 1.165) is 18.9 Å². The van der Waals surface area contributed by atoms with Crippen LogP contribution in [0.15, 0.2) is 18.2 Å². The summed E-state index contributed by atoms with van der Waals surface area (Å²) in [6.45, 7) is 9.14. The van der Waals surface area contributed by atoms with Crippen LogP contribution in [0.5, 0.6) is 5.75 Å². The van der Waals surface area contributed by atoms with E-state index in [-0.39, 0.29) is 0 Å². The van der Waals surface area contributed by atoms with Gasteiger partial charge >= 0.3 is 0 Å². The Bertz CT molecular complexity index is 508. The first-order chi connectivity index (χ1) is 9.96. The smallest absolute Gasteiger partial charge is 0.119 e. The van der Waals surface area contributed by atoms with E-state index in [1.165, 1.54) is 49.8 Å². The first-order valence-electron chi connectivity index (χ1n) is 8.46. The second kappa shape index (κ2) is 5.55. The van der Waals surface area contributed by atoms with E-state index in [4.69, 9.17) is 4.74 Å². The molecule has 1 atom stereocenters. The second-order valence-electron chi connectivity index (χ2n) is 8.14. The molecule has 1 aliphatic carbocycles. The maximum absolute atomic E-state index is 6.18. The number of hydrogen-bond donors (Lipinski definition) is 1. The van der Waals surface area contributed by atoms with Gasteiger partial charge in [0, 0.05) is 17.6 Å². The third-order valence-electron chi connectivity index (χ3n) is 5.14. The van der Waals surface area contributed by atoms with Crippen LogP contribution in [-0.4, -0.2) is 13.2 Å². The van der Waals surface area contributed by atoms with E-state index >= 15 is 0 Å². The molecule has 21 heavy (non-hydrogen) atoms. The average Bonchev–Trinajstić information content (AvgIpc) is 2.44. The van der Waals surface area contributed by atoms with Crippen LogP contribution in [0.4, 0.5) is 5.69 Å². The fourth-order valence-electron chi connectivity index (χ4n) is 4.25. The van der Waals surface area contributed by atoms with Crippen LogP contribution >= 0.6 is 0 Å². The van der Waals surface area contributed by atoms with Crippen molar-refractivity contribution in [2.24, 2.45) is 10.8 Å². The van der Waals surface area contributed by atoms with Crippen LogP contribution in [0.2, 0.25) is 0 Å². The Labute approximate surface area is 129 Å². The van der Waals surface area contributed by atoms with E-state index in [9.17, 15) is 0 Å². The molecule has 3 rings (SSSR count). The summed E-state index contributed by atoms with van der Waals surface area (Å²) < 4.78 is 6.18. The van der Waals surface area contributed by atoms with Crippen molar-refractivity contribution < 1.29 is 4.74 Å². The molecular weight excluding hydrogens is 258 g/mol. The summed E-state index contributed by atoms with van der Waals surface area (Å²) in [5.41, 5.74) is 3.50. The maximum Gasteiger partial charge on any atom is 0.119 e. The molecule has 0 amide bonds. The Morgan fingerprint density at radius 1 is 1.14 bits per heavy atom. The van der Waals surface area contributed by atoms with Crippen LogP contribution in [0.3, 0.4) is 0 Å². The third-order valence-corrected chi connectivity index (χ3v) is 5.14. The minimum absolute atomic E-state index is 0.329. The minimum Gasteiger partial charge on any atom is -0.493 e. The molecule has 1 N–H and O–H groups in total. The van der Waals surface area contributed by atoms with Gasteiger partial charge in [0.1, 0.15) is 5.75 Å². The topological polar surface area (TPSA) is 21.3 Å². The van der Waals surface area contributed by atoms with E-state index in [2.05, 4.69) is 44.3 Å². The summed E-state index contributed by atoms with van der Waals surface area (Å²) in [6.07, 6.45) is 7.65. The summed E-state index contributed by atoms with van der Waals surface area (Å²) >= 11 is 0. The van der Waals surface area contributed by atoms with Crippen molar-refractivity contribution in [1.29, 1.82) is 0 Å². The van der Waals surface area contributed by atoms with Crippen LogP contribution < -0.4 is 10.1 Å². The number of hydrogen-bond acceptors (Lipinski definition) is 2. The van der Waals surface area contributed by atoms with E-state index in [0.29, 0.717) is 10.8 Å². The Hall–Kier alpha value is -1.18. The summed E-state index contributed by atoms with van der Waals surface area (Å²) in [5.74, 6) is 1.04. The van der Waals surface area contributed by atoms with Gasteiger partial charge in [0.25, 0.3) is 0 Å². The van der Waals surface area contributed by atoms with Gasteiger partial charge in [-0.2, -0.15) is 0 Å². The van der Waals surface area contributed by atoms with Crippen molar-refractivity contribution in [2.75, 3.05) is 18.5 Å². The number of rotatable bonds is 3. The number of ether oxygens (including phenoxy) is 1. The van der Waals surface area contributed by atoms with Crippen molar-refractivity contribution in [3.8, 4) is 5.75 Å². The highest BCUT2D eigenvalue weighted by molar-refractivity contribution is 5.55. The van der Waals surface area contributed by atoms with Gasteiger partial charge in [0.05, 0.1) is 6.61 Å². The molecule has 1 aliphatic heterocycles. The van der Waals surface area contributed by atoms with Gasteiger partial charge in [-0.1, -0.05) is 27.2 Å². The molecule has 0 spiro atoms. The van der Waals surface area contributed by atoms with E-state index in [1.54, 1.807) is 0 Å². The third kappa shape index (κ3) is 3.53. The first-order valence-corrected chi connectivity index (χ1v) is 8.46. The monoisotopic (exact) mass is 287 g/mol. The van der Waals surface area contributed by atoms with Crippen LogP contribution in [-0.2, 0) is 6.42 Å². The minimum atomic E-state index is 0.329. The van der Waals surface area contributed by atoms with Crippen molar-refractivity contribution in [2.45, 2.75) is 59.3 Å². The Kier molecular flexibility index (Phi) is 3.90. The molecule has 1 heterocycles. The zero-order valence-corrected chi connectivity index (χ0v) is 13.8. The van der Waals surface area contributed by atoms with Gasteiger partial charge in [0.2, 0.25) is 0 Å². The van der Waals surface area contributed by atoms with Crippen molar-refractivity contribution in [3.05, 3.63) is 23.8 Å². The van der Waals surface area contributed by atoms with Crippen molar-refractivity contribution in [3.63, 3.8) is 0 Å². The molecular formula is C19H29NO. The average molecular weight is 287 g/mol. The van der Waals surface area contributed by atoms with Crippen molar-refractivity contribution >= 4 is 5.69 Å². The quantitative estimate of drug-likeness (QED) is 0.842. The van der Waals surface area contributed by atoms with Crippen molar-refractivity contribution in [1.82, 2.24) is 0 Å². The van der Waals surface area contributed by atoms with E-state index in [1.807, 2.05) is 0 Å². The summed E-state index contributed by atoms with van der Waals surface area (Å²) in [4.78, 5) is 0. The highest BCUT2D eigenvalue weighted by Gasteiger charge is 2.37. The molecule has 0 bridgehead atoms. The molecule has 0 radical (unpaired) electrons. The SMILES string of the molecule is CC1(C)CCCC(C)(COc2ccc3c(c2)CCCN3)C1.